The second kappa shape index (κ2) is 6.31. The number of esters is 1. The predicted octanol–water partition coefficient (Wildman–Crippen LogP) is 3.92. The van der Waals surface area contributed by atoms with Crippen molar-refractivity contribution in [2.24, 2.45) is 0 Å². The number of carbonyl (C=O) groups is 1. The summed E-state index contributed by atoms with van der Waals surface area (Å²) in [4.78, 5) is 11.5. The lowest BCUT2D eigenvalue weighted by Gasteiger charge is -2.12. The minimum absolute atomic E-state index is 0.393. The smallest absolute Gasteiger partial charge is 0.337 e. The molecule has 0 spiro atoms. The summed E-state index contributed by atoms with van der Waals surface area (Å²) < 4.78 is 4.68. The van der Waals surface area contributed by atoms with E-state index in [1.807, 2.05) is 12.1 Å². The first-order valence-electron chi connectivity index (χ1n) is 6.86. The number of hydrogen-bond acceptors (Lipinski definition) is 4. The molecule has 2 aromatic rings. The Bertz CT molecular complexity index is 651. The number of rotatable bonds is 4. The Morgan fingerprint density at radius 1 is 1.19 bits per heavy atom. The van der Waals surface area contributed by atoms with Crippen molar-refractivity contribution in [2.75, 3.05) is 18.2 Å². The molecule has 4 nitrogen and oxygen atoms in total. The van der Waals surface area contributed by atoms with E-state index in [9.17, 15) is 4.79 Å². The molecule has 0 heterocycles. The highest BCUT2D eigenvalue weighted by molar-refractivity contribution is 5.92. The second-order valence-corrected chi connectivity index (χ2v) is 5.20. The van der Waals surface area contributed by atoms with E-state index < -0.39 is 5.97 Å². The van der Waals surface area contributed by atoms with E-state index in [1.165, 1.54) is 12.7 Å². The molecular formula is C17H20N2O2. The molecule has 0 aliphatic rings. The number of nitrogens with one attached hydrogen (secondary N) is 1. The van der Waals surface area contributed by atoms with Gasteiger partial charge in [-0.05, 0) is 41.8 Å². The van der Waals surface area contributed by atoms with E-state index in [0.29, 0.717) is 17.2 Å². The Labute approximate surface area is 124 Å². The lowest BCUT2D eigenvalue weighted by Crippen LogP contribution is -2.04. The van der Waals surface area contributed by atoms with Gasteiger partial charge in [0, 0.05) is 5.69 Å². The summed E-state index contributed by atoms with van der Waals surface area (Å²) in [5.74, 6) is 0.0702. The van der Waals surface area contributed by atoms with Gasteiger partial charge in [-0.25, -0.2) is 4.79 Å². The normalized spacial score (nSPS) is 10.5. The van der Waals surface area contributed by atoms with Crippen LogP contribution in [0, 0.1) is 0 Å². The minimum Gasteiger partial charge on any atom is -0.465 e. The molecule has 0 fully saturated rings. The van der Waals surface area contributed by atoms with Crippen LogP contribution in [0.25, 0.3) is 0 Å². The summed E-state index contributed by atoms with van der Waals surface area (Å²) in [6.45, 7) is 4.30. The maximum absolute atomic E-state index is 11.5. The van der Waals surface area contributed by atoms with Gasteiger partial charge in [-0.15, -0.1) is 0 Å². The van der Waals surface area contributed by atoms with Crippen LogP contribution in [-0.2, 0) is 4.74 Å². The average molecular weight is 284 g/mol. The van der Waals surface area contributed by atoms with E-state index in [-0.39, 0.29) is 0 Å². The zero-order valence-corrected chi connectivity index (χ0v) is 12.5. The Kier molecular flexibility index (Phi) is 4.48. The molecule has 0 aliphatic heterocycles. The van der Waals surface area contributed by atoms with Gasteiger partial charge in [-0.3, -0.25) is 0 Å². The highest BCUT2D eigenvalue weighted by atomic mass is 16.5. The van der Waals surface area contributed by atoms with E-state index >= 15 is 0 Å². The van der Waals surface area contributed by atoms with Crippen LogP contribution in [0.2, 0.25) is 0 Å². The van der Waals surface area contributed by atoms with E-state index in [2.05, 4.69) is 36.0 Å². The molecule has 0 aliphatic carbocycles. The van der Waals surface area contributed by atoms with Gasteiger partial charge in [-0.1, -0.05) is 26.0 Å². The molecule has 3 N–H and O–H groups in total. The van der Waals surface area contributed by atoms with Crippen LogP contribution in [0.15, 0.2) is 42.5 Å². The van der Waals surface area contributed by atoms with Crippen LogP contribution in [-0.4, -0.2) is 13.1 Å². The minimum atomic E-state index is -0.393. The van der Waals surface area contributed by atoms with Crippen molar-refractivity contribution in [1.82, 2.24) is 0 Å². The van der Waals surface area contributed by atoms with E-state index in [0.717, 1.165) is 11.4 Å². The molecule has 0 radical (unpaired) electrons. The number of hydrogen-bond donors (Lipinski definition) is 2. The number of nitrogen functional groups attached to an aromatic ring is 1. The molecule has 0 aromatic heterocycles. The predicted molar refractivity (Wildman–Crippen MR) is 86.0 cm³/mol. The molecule has 0 bridgehead atoms. The van der Waals surface area contributed by atoms with Crippen molar-refractivity contribution in [3.63, 3.8) is 0 Å². The van der Waals surface area contributed by atoms with Crippen LogP contribution >= 0.6 is 0 Å². The largest absolute Gasteiger partial charge is 0.465 e. The van der Waals surface area contributed by atoms with Crippen LogP contribution in [0.4, 0.5) is 17.1 Å². The van der Waals surface area contributed by atoms with Gasteiger partial charge in [0.1, 0.15) is 0 Å². The molecule has 2 aromatic carbocycles. The number of ether oxygens (including phenoxy) is 1. The first-order chi connectivity index (χ1) is 10.0. The van der Waals surface area contributed by atoms with Crippen LogP contribution in [0.1, 0.15) is 35.7 Å². The summed E-state index contributed by atoms with van der Waals surface area (Å²) in [5.41, 5.74) is 9.93. The Hall–Kier alpha value is -2.49. The molecule has 21 heavy (non-hydrogen) atoms. The summed E-state index contributed by atoms with van der Waals surface area (Å²) in [7, 11) is 1.35. The Balaban J connectivity index is 2.24. The molecule has 4 heteroatoms. The first-order valence-corrected chi connectivity index (χ1v) is 6.86. The van der Waals surface area contributed by atoms with Gasteiger partial charge in [0.05, 0.1) is 24.0 Å². The van der Waals surface area contributed by atoms with Crippen LogP contribution < -0.4 is 11.1 Å². The molecule has 0 atom stereocenters. The zero-order valence-electron chi connectivity index (χ0n) is 12.5. The molecule has 0 saturated heterocycles. The highest BCUT2D eigenvalue weighted by Gasteiger charge is 2.08. The number of benzene rings is 2. The van der Waals surface area contributed by atoms with Crippen molar-refractivity contribution in [1.29, 1.82) is 0 Å². The van der Waals surface area contributed by atoms with Gasteiger partial charge < -0.3 is 15.8 Å². The standard InChI is InChI=1S/C17H20N2O2/c1-11(2)12-5-4-6-14(9-12)19-16-8-7-13(10-15(16)18)17(20)21-3/h4-11,19H,18H2,1-3H3. The van der Waals surface area contributed by atoms with Crippen LogP contribution in [0.3, 0.4) is 0 Å². The Morgan fingerprint density at radius 3 is 2.57 bits per heavy atom. The third-order valence-electron chi connectivity index (χ3n) is 3.30. The maximum Gasteiger partial charge on any atom is 0.337 e. The van der Waals surface area contributed by atoms with Crippen molar-refractivity contribution >= 4 is 23.0 Å². The van der Waals surface area contributed by atoms with E-state index in [4.69, 9.17) is 5.73 Å². The number of carbonyl (C=O) groups excluding carboxylic acids is 1. The fourth-order valence-corrected chi connectivity index (χ4v) is 2.05. The SMILES string of the molecule is COC(=O)c1ccc(Nc2cccc(C(C)C)c2)c(N)c1. The molecule has 2 rings (SSSR count). The number of nitrogens with two attached hydrogens (primary N) is 1. The van der Waals surface area contributed by atoms with Gasteiger partial charge in [0.25, 0.3) is 0 Å². The summed E-state index contributed by atoms with van der Waals surface area (Å²) in [5, 5.41) is 3.27. The zero-order chi connectivity index (χ0) is 15.4. The average Bonchev–Trinajstić information content (AvgIpc) is 2.48. The van der Waals surface area contributed by atoms with Crippen molar-refractivity contribution < 1.29 is 9.53 Å². The summed E-state index contributed by atoms with van der Waals surface area (Å²) in [6.07, 6.45) is 0. The molecular weight excluding hydrogens is 264 g/mol. The monoisotopic (exact) mass is 284 g/mol. The summed E-state index contributed by atoms with van der Waals surface area (Å²) >= 11 is 0. The number of methoxy groups -OCH3 is 1. The number of anilines is 3. The lowest BCUT2D eigenvalue weighted by molar-refractivity contribution is 0.0601. The molecule has 0 amide bonds. The van der Waals surface area contributed by atoms with Gasteiger partial charge in [0.15, 0.2) is 0 Å². The Morgan fingerprint density at radius 2 is 1.95 bits per heavy atom. The fourth-order valence-electron chi connectivity index (χ4n) is 2.05. The first kappa shape index (κ1) is 14.9. The van der Waals surface area contributed by atoms with Crippen molar-refractivity contribution in [3.05, 3.63) is 53.6 Å². The summed E-state index contributed by atoms with van der Waals surface area (Å²) in [6, 6.07) is 13.3. The van der Waals surface area contributed by atoms with Crippen molar-refractivity contribution in [2.45, 2.75) is 19.8 Å². The lowest BCUT2D eigenvalue weighted by atomic mass is 10.0. The molecule has 0 unspecified atom stereocenters. The van der Waals surface area contributed by atoms with Gasteiger partial charge in [0.2, 0.25) is 0 Å². The topological polar surface area (TPSA) is 64.3 Å². The molecule has 0 saturated carbocycles. The van der Waals surface area contributed by atoms with Gasteiger partial charge >= 0.3 is 5.97 Å². The van der Waals surface area contributed by atoms with Crippen molar-refractivity contribution in [3.8, 4) is 0 Å². The molecule has 110 valence electrons. The third kappa shape index (κ3) is 3.54. The maximum atomic E-state index is 11.5. The second-order valence-electron chi connectivity index (χ2n) is 5.20. The fraction of sp³-hybridized carbons (Fsp3) is 0.235. The van der Waals surface area contributed by atoms with Crippen LogP contribution in [0.5, 0.6) is 0 Å². The van der Waals surface area contributed by atoms with Gasteiger partial charge in [-0.2, -0.15) is 0 Å². The van der Waals surface area contributed by atoms with E-state index in [1.54, 1.807) is 18.2 Å². The highest BCUT2D eigenvalue weighted by Crippen LogP contribution is 2.26. The third-order valence-corrected chi connectivity index (χ3v) is 3.30. The quantitative estimate of drug-likeness (QED) is 0.659.